The van der Waals surface area contributed by atoms with Gasteiger partial charge < -0.3 is 10.2 Å². The minimum Gasteiger partial charge on any atom is -0.346 e. The monoisotopic (exact) mass is 481 g/mol. The van der Waals surface area contributed by atoms with Gasteiger partial charge in [-0.3, -0.25) is 9.59 Å². The molecule has 2 aromatic rings. The summed E-state index contributed by atoms with van der Waals surface area (Å²) in [6, 6.07) is 13.3. The second kappa shape index (κ2) is 12.6. The van der Waals surface area contributed by atoms with E-state index in [4.69, 9.17) is 0 Å². The smallest absolute Gasteiger partial charge is 0.244 e. The number of carbonyl (C=O) groups is 2. The molecule has 0 saturated heterocycles. The van der Waals surface area contributed by atoms with Crippen molar-refractivity contribution in [3.05, 3.63) is 66.0 Å². The van der Waals surface area contributed by atoms with E-state index in [1.807, 2.05) is 43.5 Å². The van der Waals surface area contributed by atoms with Crippen molar-refractivity contribution in [1.82, 2.24) is 14.9 Å². The van der Waals surface area contributed by atoms with Gasteiger partial charge in [0.05, 0.1) is 6.54 Å². The molecule has 10 heteroatoms. The van der Waals surface area contributed by atoms with Crippen molar-refractivity contribution < 1.29 is 22.4 Å². The highest BCUT2D eigenvalue weighted by atomic mass is 32.2. The van der Waals surface area contributed by atoms with Crippen LogP contribution in [0.5, 0.6) is 0 Å². The SMILES string of the molecule is CCN(Cc1ccccc1)C(=O)CNC(=O)C(CCSC)NS(=O)(=O)c1ccccc1F. The summed E-state index contributed by atoms with van der Waals surface area (Å²) in [4.78, 5) is 26.4. The molecule has 32 heavy (non-hydrogen) atoms. The lowest BCUT2D eigenvalue weighted by molar-refractivity contribution is -0.133. The van der Waals surface area contributed by atoms with Crippen molar-refractivity contribution in [2.75, 3.05) is 25.1 Å². The number of benzene rings is 2. The molecule has 2 amide bonds. The standard InChI is InChI=1S/C22H28FN3O4S2/c1-3-26(16-17-9-5-4-6-10-17)21(27)15-24-22(28)19(13-14-31-2)25-32(29,30)20-12-8-7-11-18(20)23/h4-12,19,25H,3,13-16H2,1-2H3,(H,24,28). The quantitative estimate of drug-likeness (QED) is 0.485. The lowest BCUT2D eigenvalue weighted by Gasteiger charge is -2.23. The van der Waals surface area contributed by atoms with E-state index in [9.17, 15) is 22.4 Å². The maximum atomic E-state index is 14.0. The van der Waals surface area contributed by atoms with Gasteiger partial charge in [-0.25, -0.2) is 12.8 Å². The van der Waals surface area contributed by atoms with E-state index in [-0.39, 0.29) is 18.9 Å². The Kier molecular flexibility index (Phi) is 10.1. The second-order valence-corrected chi connectivity index (χ2v) is 9.67. The number of sulfonamides is 1. The van der Waals surface area contributed by atoms with Crippen molar-refractivity contribution in [3.8, 4) is 0 Å². The molecule has 7 nitrogen and oxygen atoms in total. The van der Waals surface area contributed by atoms with Crippen molar-refractivity contribution in [1.29, 1.82) is 0 Å². The summed E-state index contributed by atoms with van der Waals surface area (Å²) < 4.78 is 41.5. The van der Waals surface area contributed by atoms with Crippen molar-refractivity contribution in [2.45, 2.75) is 30.8 Å². The number of hydrogen-bond donors (Lipinski definition) is 2. The van der Waals surface area contributed by atoms with Crippen LogP contribution in [0.1, 0.15) is 18.9 Å². The molecule has 0 aliphatic carbocycles. The third-order valence-electron chi connectivity index (χ3n) is 4.72. The van der Waals surface area contributed by atoms with Crippen molar-refractivity contribution in [3.63, 3.8) is 0 Å². The topological polar surface area (TPSA) is 95.6 Å². The number of thioether (sulfide) groups is 1. The van der Waals surface area contributed by atoms with E-state index >= 15 is 0 Å². The number of rotatable bonds is 12. The van der Waals surface area contributed by atoms with Gasteiger partial charge in [-0.2, -0.15) is 16.5 Å². The predicted molar refractivity (Wildman–Crippen MR) is 124 cm³/mol. The van der Waals surface area contributed by atoms with E-state index in [1.165, 1.54) is 23.9 Å². The van der Waals surface area contributed by atoms with Crippen LogP contribution >= 0.6 is 11.8 Å². The second-order valence-electron chi connectivity index (χ2n) is 7.00. The van der Waals surface area contributed by atoms with E-state index < -0.39 is 32.7 Å². The fraction of sp³-hybridized carbons (Fsp3) is 0.364. The highest BCUT2D eigenvalue weighted by Crippen LogP contribution is 2.15. The van der Waals surface area contributed by atoms with E-state index in [0.29, 0.717) is 18.8 Å². The van der Waals surface area contributed by atoms with Gasteiger partial charge in [0.1, 0.15) is 16.8 Å². The Hall–Kier alpha value is -2.43. The summed E-state index contributed by atoms with van der Waals surface area (Å²) in [7, 11) is -4.26. The Morgan fingerprint density at radius 3 is 2.38 bits per heavy atom. The zero-order valence-electron chi connectivity index (χ0n) is 18.1. The van der Waals surface area contributed by atoms with Crippen LogP contribution in [0, 0.1) is 5.82 Å². The largest absolute Gasteiger partial charge is 0.346 e. The van der Waals surface area contributed by atoms with Crippen LogP contribution in [-0.4, -0.2) is 56.3 Å². The molecule has 2 N–H and O–H groups in total. The lowest BCUT2D eigenvalue weighted by atomic mass is 10.2. The predicted octanol–water partition coefficient (Wildman–Crippen LogP) is 2.39. The van der Waals surface area contributed by atoms with Gasteiger partial charge in [0.2, 0.25) is 21.8 Å². The number of likely N-dealkylation sites (N-methyl/N-ethyl adjacent to an activating group) is 1. The molecule has 0 fully saturated rings. The van der Waals surface area contributed by atoms with Gasteiger partial charge >= 0.3 is 0 Å². The van der Waals surface area contributed by atoms with Gasteiger partial charge in [0.25, 0.3) is 0 Å². The Bertz CT molecular complexity index is 1000. The maximum absolute atomic E-state index is 14.0. The first-order valence-corrected chi connectivity index (χ1v) is 13.0. The van der Waals surface area contributed by atoms with Gasteiger partial charge in [0.15, 0.2) is 0 Å². The van der Waals surface area contributed by atoms with Gasteiger partial charge in [0, 0.05) is 13.1 Å². The summed E-state index contributed by atoms with van der Waals surface area (Å²) in [5.41, 5.74) is 0.963. The molecule has 2 rings (SSSR count). The van der Waals surface area contributed by atoms with Crippen molar-refractivity contribution >= 4 is 33.6 Å². The van der Waals surface area contributed by atoms with Crippen LogP contribution in [0.2, 0.25) is 0 Å². The minimum atomic E-state index is -4.26. The van der Waals surface area contributed by atoms with Gasteiger partial charge in [-0.05, 0) is 43.0 Å². The average Bonchev–Trinajstić information content (AvgIpc) is 2.79. The summed E-state index contributed by atoms with van der Waals surface area (Å²) in [6.45, 7) is 2.43. The zero-order valence-corrected chi connectivity index (χ0v) is 19.7. The molecule has 0 aromatic heterocycles. The molecule has 1 atom stereocenters. The highest BCUT2D eigenvalue weighted by molar-refractivity contribution is 7.98. The van der Waals surface area contributed by atoms with Crippen LogP contribution in [-0.2, 0) is 26.2 Å². The first-order chi connectivity index (χ1) is 15.3. The number of nitrogens with one attached hydrogen (secondary N) is 2. The number of halogens is 1. The summed E-state index contributed by atoms with van der Waals surface area (Å²) in [5.74, 6) is -1.33. The molecule has 0 aliphatic heterocycles. The molecule has 0 bridgehead atoms. The molecule has 0 aliphatic rings. The third-order valence-corrected chi connectivity index (χ3v) is 6.86. The highest BCUT2D eigenvalue weighted by Gasteiger charge is 2.27. The van der Waals surface area contributed by atoms with Crippen molar-refractivity contribution in [2.24, 2.45) is 0 Å². The Balaban J connectivity index is 2.04. The van der Waals surface area contributed by atoms with Gasteiger partial charge in [-0.15, -0.1) is 0 Å². The molecular formula is C22H28FN3O4S2. The summed E-state index contributed by atoms with van der Waals surface area (Å²) in [5, 5.41) is 2.52. The van der Waals surface area contributed by atoms with Crippen LogP contribution in [0.3, 0.4) is 0 Å². The molecule has 0 radical (unpaired) electrons. The van der Waals surface area contributed by atoms with Crippen LogP contribution in [0.4, 0.5) is 4.39 Å². The third kappa shape index (κ3) is 7.61. The average molecular weight is 482 g/mol. The first kappa shape index (κ1) is 25.8. The fourth-order valence-corrected chi connectivity index (χ4v) is 4.75. The number of hydrogen-bond acceptors (Lipinski definition) is 5. The van der Waals surface area contributed by atoms with E-state index in [2.05, 4.69) is 10.0 Å². The van der Waals surface area contributed by atoms with Crippen LogP contribution in [0.25, 0.3) is 0 Å². The fourth-order valence-electron chi connectivity index (χ4n) is 2.97. The lowest BCUT2D eigenvalue weighted by Crippen LogP contribution is -2.49. The van der Waals surface area contributed by atoms with E-state index in [1.54, 1.807) is 4.90 Å². The molecule has 0 spiro atoms. The minimum absolute atomic E-state index is 0.191. The normalized spacial score (nSPS) is 12.2. The molecule has 1 unspecified atom stereocenters. The number of amides is 2. The molecular weight excluding hydrogens is 453 g/mol. The Labute approximate surface area is 192 Å². The first-order valence-electron chi connectivity index (χ1n) is 10.1. The van der Waals surface area contributed by atoms with Gasteiger partial charge in [-0.1, -0.05) is 42.5 Å². The zero-order chi connectivity index (χ0) is 23.6. The Morgan fingerprint density at radius 2 is 1.75 bits per heavy atom. The molecule has 0 heterocycles. The number of nitrogens with zero attached hydrogens (tertiary/aromatic N) is 1. The van der Waals surface area contributed by atoms with Crippen LogP contribution in [0.15, 0.2) is 59.5 Å². The molecule has 174 valence electrons. The molecule has 2 aromatic carbocycles. The summed E-state index contributed by atoms with van der Waals surface area (Å²) in [6.07, 6.45) is 2.02. The van der Waals surface area contributed by atoms with Crippen LogP contribution < -0.4 is 10.0 Å². The number of carbonyl (C=O) groups excluding carboxylic acids is 2. The Morgan fingerprint density at radius 1 is 1.09 bits per heavy atom. The maximum Gasteiger partial charge on any atom is 0.244 e. The molecule has 0 saturated carbocycles. The summed E-state index contributed by atoms with van der Waals surface area (Å²) >= 11 is 1.44. The van der Waals surface area contributed by atoms with E-state index in [0.717, 1.165) is 17.7 Å².